The zero-order chi connectivity index (χ0) is 22.9. The summed E-state index contributed by atoms with van der Waals surface area (Å²) in [5.41, 5.74) is 1.73. The van der Waals surface area contributed by atoms with Crippen molar-refractivity contribution in [2.75, 3.05) is 67.0 Å². The van der Waals surface area contributed by atoms with Gasteiger partial charge in [0, 0.05) is 65.0 Å². The van der Waals surface area contributed by atoms with Gasteiger partial charge in [0.15, 0.2) is 5.96 Å². The quantitative estimate of drug-likeness (QED) is 0.322. The summed E-state index contributed by atoms with van der Waals surface area (Å²) in [6.45, 7) is 6.89. The lowest BCUT2D eigenvalue weighted by Crippen LogP contribution is -2.54. The van der Waals surface area contributed by atoms with Crippen LogP contribution in [0.5, 0.6) is 0 Å². The molecule has 0 spiro atoms. The number of halogens is 2. The summed E-state index contributed by atoms with van der Waals surface area (Å²) < 4.78 is 14.0. The van der Waals surface area contributed by atoms with Gasteiger partial charge in [0.2, 0.25) is 5.91 Å². The van der Waals surface area contributed by atoms with Crippen molar-refractivity contribution in [3.05, 3.63) is 35.1 Å². The molecule has 2 aliphatic rings. The van der Waals surface area contributed by atoms with Gasteiger partial charge in [-0.05, 0) is 44.6 Å². The molecule has 33 heavy (non-hydrogen) atoms. The first-order chi connectivity index (χ1) is 15.5. The molecule has 1 aromatic rings. The molecule has 7 nitrogen and oxygen atoms in total. The summed E-state index contributed by atoms with van der Waals surface area (Å²) in [6.07, 6.45) is 4.74. The van der Waals surface area contributed by atoms with E-state index in [2.05, 4.69) is 20.1 Å². The van der Waals surface area contributed by atoms with Gasteiger partial charge in [-0.15, -0.1) is 24.0 Å². The van der Waals surface area contributed by atoms with Gasteiger partial charge in [-0.3, -0.25) is 14.7 Å². The Bertz CT molecular complexity index is 774. The standard InChI is InChI=1S/C24H39FN6O.HI/c1-26-24(27-17-20-8-9-22(25)21(16-20)18-28(2)3)31-14-12-29(13-15-31)19-23(32)30-10-6-4-5-7-11-30;/h8-9,16H,4-7,10-15,17-19H2,1-3H3,(H,26,27);1H. The first-order valence-electron chi connectivity index (χ1n) is 11.8. The number of hydrogen-bond donors (Lipinski definition) is 1. The number of amides is 1. The van der Waals surface area contributed by atoms with Crippen LogP contribution in [-0.2, 0) is 17.9 Å². The monoisotopic (exact) mass is 574 g/mol. The van der Waals surface area contributed by atoms with Crippen LogP contribution in [0, 0.1) is 5.82 Å². The molecule has 2 fully saturated rings. The summed E-state index contributed by atoms with van der Waals surface area (Å²) in [5, 5.41) is 3.42. The maximum Gasteiger partial charge on any atom is 0.236 e. The minimum Gasteiger partial charge on any atom is -0.352 e. The van der Waals surface area contributed by atoms with Gasteiger partial charge in [0.05, 0.1) is 6.54 Å². The van der Waals surface area contributed by atoms with Crippen molar-refractivity contribution < 1.29 is 9.18 Å². The molecule has 0 saturated carbocycles. The molecule has 0 unspecified atom stereocenters. The van der Waals surface area contributed by atoms with Crippen molar-refractivity contribution >= 4 is 35.8 Å². The SMILES string of the molecule is CN=C(NCc1ccc(F)c(CN(C)C)c1)N1CCN(CC(=O)N2CCCCCC2)CC1.I. The van der Waals surface area contributed by atoms with E-state index in [1.54, 1.807) is 13.1 Å². The normalized spacial score (nSPS) is 18.2. The highest BCUT2D eigenvalue weighted by molar-refractivity contribution is 14.0. The molecule has 3 rings (SSSR count). The maximum atomic E-state index is 14.0. The van der Waals surface area contributed by atoms with Crippen molar-refractivity contribution in [1.82, 2.24) is 24.9 Å². The van der Waals surface area contributed by atoms with Crippen LogP contribution in [-0.4, -0.2) is 98.4 Å². The minimum absolute atomic E-state index is 0. The molecule has 0 radical (unpaired) electrons. The number of piperazine rings is 1. The molecule has 186 valence electrons. The van der Waals surface area contributed by atoms with Crippen LogP contribution in [0.1, 0.15) is 36.8 Å². The lowest BCUT2D eigenvalue weighted by atomic mass is 10.1. The molecule has 0 atom stereocenters. The van der Waals surface area contributed by atoms with Gasteiger partial charge in [0.1, 0.15) is 5.82 Å². The third-order valence-corrected chi connectivity index (χ3v) is 6.25. The molecular formula is C24H40FIN6O. The number of nitrogens with zero attached hydrogens (tertiary/aromatic N) is 5. The zero-order valence-corrected chi connectivity index (χ0v) is 22.7. The summed E-state index contributed by atoms with van der Waals surface area (Å²) in [7, 11) is 5.67. The van der Waals surface area contributed by atoms with Crippen LogP contribution in [0.3, 0.4) is 0 Å². The maximum absolute atomic E-state index is 14.0. The van der Waals surface area contributed by atoms with E-state index < -0.39 is 0 Å². The smallest absolute Gasteiger partial charge is 0.236 e. The van der Waals surface area contributed by atoms with Crippen molar-refractivity contribution in [3.8, 4) is 0 Å². The van der Waals surface area contributed by atoms with Crippen LogP contribution in [0.2, 0.25) is 0 Å². The Balaban J connectivity index is 0.00000385. The Labute approximate surface area is 215 Å². The van der Waals surface area contributed by atoms with E-state index in [4.69, 9.17) is 0 Å². The summed E-state index contributed by atoms with van der Waals surface area (Å²) in [4.78, 5) is 25.6. The molecule has 1 N–H and O–H groups in total. The van der Waals surface area contributed by atoms with E-state index in [-0.39, 0.29) is 35.7 Å². The molecule has 2 saturated heterocycles. The first kappa shape index (κ1) is 27.8. The van der Waals surface area contributed by atoms with E-state index in [0.29, 0.717) is 25.2 Å². The fourth-order valence-corrected chi connectivity index (χ4v) is 4.44. The molecule has 1 aromatic carbocycles. The van der Waals surface area contributed by atoms with Gasteiger partial charge < -0.3 is 20.0 Å². The molecule has 0 aliphatic carbocycles. The van der Waals surface area contributed by atoms with Gasteiger partial charge >= 0.3 is 0 Å². The lowest BCUT2D eigenvalue weighted by Gasteiger charge is -2.37. The summed E-state index contributed by atoms with van der Waals surface area (Å²) in [5.74, 6) is 0.951. The van der Waals surface area contributed by atoms with Crippen LogP contribution >= 0.6 is 24.0 Å². The molecular weight excluding hydrogens is 534 g/mol. The van der Waals surface area contributed by atoms with Crippen molar-refractivity contribution in [2.24, 2.45) is 4.99 Å². The number of benzene rings is 1. The van der Waals surface area contributed by atoms with E-state index in [0.717, 1.165) is 63.6 Å². The number of carbonyl (C=O) groups excluding carboxylic acids is 1. The zero-order valence-electron chi connectivity index (χ0n) is 20.4. The van der Waals surface area contributed by atoms with Crippen LogP contribution < -0.4 is 5.32 Å². The average Bonchev–Trinajstić information content (AvgIpc) is 3.07. The van der Waals surface area contributed by atoms with Crippen LogP contribution in [0.4, 0.5) is 4.39 Å². The Morgan fingerprint density at radius 1 is 1.03 bits per heavy atom. The number of hydrogen-bond acceptors (Lipinski definition) is 4. The molecule has 2 heterocycles. The Morgan fingerprint density at radius 3 is 2.30 bits per heavy atom. The van der Waals surface area contributed by atoms with Crippen LogP contribution in [0.25, 0.3) is 0 Å². The van der Waals surface area contributed by atoms with Gasteiger partial charge in [-0.1, -0.05) is 18.9 Å². The minimum atomic E-state index is -0.169. The first-order valence-corrected chi connectivity index (χ1v) is 11.8. The highest BCUT2D eigenvalue weighted by Gasteiger charge is 2.23. The number of guanidine groups is 1. The number of nitrogens with one attached hydrogen (secondary N) is 1. The summed E-state index contributed by atoms with van der Waals surface area (Å²) >= 11 is 0. The fraction of sp³-hybridized carbons (Fsp3) is 0.667. The number of aliphatic imine (C=N–C) groups is 1. The third-order valence-electron chi connectivity index (χ3n) is 6.25. The van der Waals surface area contributed by atoms with E-state index >= 15 is 0 Å². The average molecular weight is 575 g/mol. The second-order valence-corrected chi connectivity index (χ2v) is 9.12. The fourth-order valence-electron chi connectivity index (χ4n) is 4.44. The van der Waals surface area contributed by atoms with E-state index in [1.807, 2.05) is 36.0 Å². The lowest BCUT2D eigenvalue weighted by molar-refractivity contribution is -0.132. The van der Waals surface area contributed by atoms with Gasteiger partial charge in [-0.2, -0.15) is 0 Å². The van der Waals surface area contributed by atoms with Gasteiger partial charge in [-0.25, -0.2) is 4.39 Å². The molecule has 0 bridgehead atoms. The number of rotatable bonds is 6. The Hall–Kier alpha value is -1.46. The second kappa shape index (κ2) is 14.1. The van der Waals surface area contributed by atoms with Crippen molar-refractivity contribution in [3.63, 3.8) is 0 Å². The van der Waals surface area contributed by atoms with Crippen molar-refractivity contribution in [1.29, 1.82) is 0 Å². The molecule has 9 heteroatoms. The van der Waals surface area contributed by atoms with Gasteiger partial charge in [0.25, 0.3) is 0 Å². The van der Waals surface area contributed by atoms with E-state index in [1.165, 1.54) is 12.8 Å². The number of carbonyl (C=O) groups is 1. The Morgan fingerprint density at radius 2 is 1.70 bits per heavy atom. The third kappa shape index (κ3) is 8.68. The molecule has 0 aromatic heterocycles. The molecule has 1 amide bonds. The van der Waals surface area contributed by atoms with Crippen molar-refractivity contribution in [2.45, 2.75) is 38.8 Å². The predicted molar refractivity (Wildman–Crippen MR) is 142 cm³/mol. The van der Waals surface area contributed by atoms with Crippen LogP contribution in [0.15, 0.2) is 23.2 Å². The highest BCUT2D eigenvalue weighted by Crippen LogP contribution is 2.13. The van der Waals surface area contributed by atoms with E-state index in [9.17, 15) is 9.18 Å². The summed E-state index contributed by atoms with van der Waals surface area (Å²) in [6, 6.07) is 5.28. The highest BCUT2D eigenvalue weighted by atomic mass is 127. The molecule has 2 aliphatic heterocycles. The number of likely N-dealkylation sites (tertiary alicyclic amines) is 1. The predicted octanol–water partition coefficient (Wildman–Crippen LogP) is 2.60. The topological polar surface area (TPSA) is 54.4 Å². The second-order valence-electron chi connectivity index (χ2n) is 9.12. The largest absolute Gasteiger partial charge is 0.352 e. The Kier molecular flexibility index (Phi) is 11.8.